The third-order valence-electron chi connectivity index (χ3n) is 4.75. The van der Waals surface area contributed by atoms with Gasteiger partial charge in [-0.3, -0.25) is 0 Å². The minimum absolute atomic E-state index is 0.227. The van der Waals surface area contributed by atoms with Crippen LogP contribution in [0, 0.1) is 6.92 Å². The van der Waals surface area contributed by atoms with Gasteiger partial charge in [0, 0.05) is 0 Å². The van der Waals surface area contributed by atoms with Crippen molar-refractivity contribution < 1.29 is 17.9 Å². The van der Waals surface area contributed by atoms with Gasteiger partial charge in [0.05, 0.1) is 0 Å². The Kier molecular flexibility index (Phi) is 8.72. The second-order valence-electron chi connectivity index (χ2n) is 7.21. The van der Waals surface area contributed by atoms with E-state index in [9.17, 15) is 8.42 Å². The van der Waals surface area contributed by atoms with Crippen LogP contribution in [0.2, 0.25) is 5.32 Å². The van der Waals surface area contributed by atoms with E-state index in [1.807, 2.05) is 37.3 Å². The van der Waals surface area contributed by atoms with Crippen LogP contribution >= 0.6 is 0 Å². The van der Waals surface area contributed by atoms with Gasteiger partial charge in [0.2, 0.25) is 0 Å². The van der Waals surface area contributed by atoms with Crippen molar-refractivity contribution in [2.45, 2.75) is 55.2 Å². The fourth-order valence-corrected chi connectivity index (χ4v) is 6.41. The molecule has 1 fully saturated rings. The molecule has 2 aromatic carbocycles. The molecule has 0 spiro atoms. The average Bonchev–Trinajstić information content (AvgIpc) is 2.73. The first-order chi connectivity index (χ1) is 14.0. The Labute approximate surface area is 180 Å². The van der Waals surface area contributed by atoms with Crippen molar-refractivity contribution in [3.63, 3.8) is 0 Å². The summed E-state index contributed by atoms with van der Waals surface area (Å²) in [4.78, 5) is 0.288. The van der Waals surface area contributed by atoms with Crippen molar-refractivity contribution in [2.24, 2.45) is 0 Å². The summed E-state index contributed by atoms with van der Waals surface area (Å²) in [7, 11) is -3.59. The van der Waals surface area contributed by atoms with Crippen LogP contribution in [-0.4, -0.2) is 48.9 Å². The average molecular weight is 483 g/mol. The number of aryl methyl sites for hydroxylation is 1. The Morgan fingerprint density at radius 3 is 2.59 bits per heavy atom. The summed E-state index contributed by atoms with van der Waals surface area (Å²) in [5.41, 5.74) is 1.03. The maximum absolute atomic E-state index is 12.8. The van der Waals surface area contributed by atoms with E-state index in [4.69, 9.17) is 9.47 Å². The molecule has 7 heteroatoms. The summed E-state index contributed by atoms with van der Waals surface area (Å²) < 4.78 is 41.4. The van der Waals surface area contributed by atoms with E-state index >= 15 is 0 Å². The zero-order chi connectivity index (χ0) is 20.5. The first kappa shape index (κ1) is 22.5. The van der Waals surface area contributed by atoms with Gasteiger partial charge in [0.25, 0.3) is 0 Å². The summed E-state index contributed by atoms with van der Waals surface area (Å²) in [6.07, 6.45) is 3.51. The van der Waals surface area contributed by atoms with Crippen LogP contribution in [0.5, 0.6) is 0 Å². The molecule has 1 aliphatic heterocycles. The van der Waals surface area contributed by atoms with Crippen LogP contribution in [0.3, 0.4) is 0 Å². The second kappa shape index (κ2) is 11.3. The fraction of sp³-hybridized carbons (Fsp3) is 0.455. The Morgan fingerprint density at radius 1 is 1.14 bits per heavy atom. The zero-order valence-electron chi connectivity index (χ0n) is 16.8. The number of sulfonamides is 1. The third-order valence-corrected chi connectivity index (χ3v) is 8.48. The van der Waals surface area contributed by atoms with Crippen LogP contribution in [0.1, 0.15) is 31.2 Å². The predicted molar refractivity (Wildman–Crippen MR) is 116 cm³/mol. The van der Waals surface area contributed by atoms with Crippen molar-refractivity contribution in [3.05, 3.63) is 60.2 Å². The summed E-state index contributed by atoms with van der Waals surface area (Å²) >= 11 is 0.302. The van der Waals surface area contributed by atoms with Gasteiger partial charge in [0.15, 0.2) is 0 Å². The molecule has 1 aliphatic rings. The number of hydrogen-bond acceptors (Lipinski definition) is 4. The SMILES string of the molecule is Cc1ccc(S(=O)(=O)N[C@@H](CC[Se]c2ccccc2)COC2CCCCO2)cc1. The van der Waals surface area contributed by atoms with Gasteiger partial charge in [-0.2, -0.15) is 0 Å². The minimum atomic E-state index is -3.59. The molecule has 0 aliphatic carbocycles. The molecule has 3 rings (SSSR count). The fourth-order valence-electron chi connectivity index (χ4n) is 3.08. The molecule has 29 heavy (non-hydrogen) atoms. The van der Waals surface area contributed by atoms with Crippen LogP contribution < -0.4 is 9.18 Å². The van der Waals surface area contributed by atoms with Crippen molar-refractivity contribution in [3.8, 4) is 0 Å². The molecular weight excluding hydrogens is 453 g/mol. The molecule has 0 amide bonds. The van der Waals surface area contributed by atoms with Crippen LogP contribution in [0.4, 0.5) is 0 Å². The van der Waals surface area contributed by atoms with E-state index < -0.39 is 10.0 Å². The Hall–Kier alpha value is -1.21. The van der Waals surface area contributed by atoms with Crippen molar-refractivity contribution in [1.82, 2.24) is 4.72 Å². The Balaban J connectivity index is 1.61. The van der Waals surface area contributed by atoms with Gasteiger partial charge in [0.1, 0.15) is 0 Å². The van der Waals surface area contributed by atoms with Gasteiger partial charge >= 0.3 is 181 Å². The second-order valence-corrected chi connectivity index (χ2v) is 11.4. The molecule has 0 bridgehead atoms. The maximum atomic E-state index is 12.8. The summed E-state index contributed by atoms with van der Waals surface area (Å²) in [6, 6.07) is 17.0. The molecule has 1 heterocycles. The molecule has 5 nitrogen and oxygen atoms in total. The topological polar surface area (TPSA) is 64.6 Å². The zero-order valence-corrected chi connectivity index (χ0v) is 19.3. The van der Waals surface area contributed by atoms with E-state index in [1.165, 1.54) is 4.46 Å². The molecule has 0 radical (unpaired) electrons. The van der Waals surface area contributed by atoms with Crippen molar-refractivity contribution in [1.29, 1.82) is 0 Å². The van der Waals surface area contributed by atoms with Gasteiger partial charge in [-0.1, -0.05) is 0 Å². The molecule has 158 valence electrons. The summed E-state index contributed by atoms with van der Waals surface area (Å²) in [5.74, 6) is 0. The van der Waals surface area contributed by atoms with Crippen LogP contribution in [0.25, 0.3) is 0 Å². The summed E-state index contributed by atoms with van der Waals surface area (Å²) in [6.45, 7) is 2.97. The molecule has 2 aromatic rings. The van der Waals surface area contributed by atoms with Gasteiger partial charge in [-0.15, -0.1) is 0 Å². The molecule has 1 saturated heterocycles. The Bertz CT molecular complexity index is 837. The van der Waals surface area contributed by atoms with Gasteiger partial charge in [-0.25, -0.2) is 0 Å². The number of benzene rings is 2. The monoisotopic (exact) mass is 483 g/mol. The third kappa shape index (κ3) is 7.52. The summed E-state index contributed by atoms with van der Waals surface area (Å²) in [5, 5.41) is 0.937. The molecule has 2 atom stereocenters. The first-order valence-electron chi connectivity index (χ1n) is 10.0. The first-order valence-corrected chi connectivity index (χ1v) is 13.6. The van der Waals surface area contributed by atoms with E-state index in [1.54, 1.807) is 12.1 Å². The van der Waals surface area contributed by atoms with Crippen molar-refractivity contribution >= 4 is 29.4 Å². The molecule has 1 unspecified atom stereocenters. The number of rotatable bonds is 10. The van der Waals surface area contributed by atoms with Gasteiger partial charge in [-0.05, 0) is 0 Å². The van der Waals surface area contributed by atoms with E-state index in [-0.39, 0.29) is 17.2 Å². The number of hydrogen-bond donors (Lipinski definition) is 1. The van der Waals surface area contributed by atoms with Crippen LogP contribution in [0.15, 0.2) is 59.5 Å². The van der Waals surface area contributed by atoms with E-state index in [0.717, 1.165) is 36.6 Å². The van der Waals surface area contributed by atoms with Gasteiger partial charge < -0.3 is 0 Å². The number of nitrogens with one attached hydrogen (secondary N) is 1. The van der Waals surface area contributed by atoms with Crippen molar-refractivity contribution in [2.75, 3.05) is 13.2 Å². The normalized spacial score (nSPS) is 18.4. The Morgan fingerprint density at radius 2 is 1.90 bits per heavy atom. The molecule has 0 aromatic heterocycles. The molecule has 1 N–H and O–H groups in total. The van der Waals surface area contributed by atoms with E-state index in [2.05, 4.69) is 16.9 Å². The van der Waals surface area contributed by atoms with Crippen LogP contribution in [-0.2, 0) is 19.5 Å². The van der Waals surface area contributed by atoms with E-state index in [0.29, 0.717) is 28.2 Å². The molecular formula is C22H29NO4SSe. The quantitative estimate of drug-likeness (QED) is 0.529. The molecule has 0 saturated carbocycles. The standard InChI is InChI=1S/C22H29NO4SSe/c1-18-10-12-20(13-11-18)28(24,25)23-19(17-27-22-9-5-6-15-26-22)14-16-29-21-7-3-2-4-8-21/h2-4,7-8,10-13,19,22-23H,5-6,9,14-17H2,1H3/t19-,22?/m0/s1. The number of ether oxygens (including phenoxy) is 2. The predicted octanol–water partition coefficient (Wildman–Crippen LogP) is 3.02.